The molecule has 4 nitrogen and oxygen atoms in total. The summed E-state index contributed by atoms with van der Waals surface area (Å²) in [5.41, 5.74) is 3.89. The second-order valence-corrected chi connectivity index (χ2v) is 7.63. The molecular weight excluding hydrogens is 386 g/mol. The number of benzene rings is 3. The summed E-state index contributed by atoms with van der Waals surface area (Å²) < 4.78 is 11.6. The van der Waals surface area contributed by atoms with E-state index >= 15 is 0 Å². The first-order chi connectivity index (χ1) is 15.2. The first kappa shape index (κ1) is 22.6. The number of hydrogen-bond acceptors (Lipinski definition) is 3. The predicted octanol–water partition coefficient (Wildman–Crippen LogP) is 5.55. The topological polar surface area (TPSA) is 47.6 Å². The Hall–Kier alpha value is -3.11. The van der Waals surface area contributed by atoms with E-state index in [1.807, 2.05) is 80.6 Å². The van der Waals surface area contributed by atoms with Crippen LogP contribution >= 0.6 is 0 Å². The zero-order valence-electron chi connectivity index (χ0n) is 18.3. The van der Waals surface area contributed by atoms with Crippen LogP contribution in [0.4, 0.5) is 0 Å². The van der Waals surface area contributed by atoms with Gasteiger partial charge in [0.2, 0.25) is 0 Å². The molecule has 162 valence electrons. The zero-order valence-corrected chi connectivity index (χ0v) is 18.3. The Bertz CT molecular complexity index is 941. The molecule has 0 radical (unpaired) electrons. The number of rotatable bonds is 11. The molecule has 0 heterocycles. The second kappa shape index (κ2) is 11.9. The highest BCUT2D eigenvalue weighted by atomic mass is 16.5. The normalized spacial score (nSPS) is 11.7. The van der Waals surface area contributed by atoms with Crippen molar-refractivity contribution in [2.45, 2.75) is 45.9 Å². The van der Waals surface area contributed by atoms with Gasteiger partial charge in [0.05, 0.1) is 19.8 Å². The van der Waals surface area contributed by atoms with Crippen LogP contribution in [0.15, 0.2) is 78.9 Å². The Labute approximate surface area is 185 Å². The van der Waals surface area contributed by atoms with Crippen LogP contribution in [0, 0.1) is 0 Å². The molecule has 1 atom stereocenters. The minimum absolute atomic E-state index is 0.0760. The third-order valence-corrected chi connectivity index (χ3v) is 5.08. The molecule has 0 unspecified atom stereocenters. The van der Waals surface area contributed by atoms with Crippen molar-refractivity contribution >= 4 is 5.91 Å². The van der Waals surface area contributed by atoms with Gasteiger partial charge < -0.3 is 14.8 Å². The molecule has 0 spiro atoms. The number of carbonyl (C=O) groups is 1. The monoisotopic (exact) mass is 417 g/mol. The summed E-state index contributed by atoms with van der Waals surface area (Å²) in [7, 11) is 0. The Morgan fingerprint density at radius 1 is 0.903 bits per heavy atom. The minimum atomic E-state index is -0.0760. The first-order valence-electron chi connectivity index (χ1n) is 10.9. The molecule has 3 aromatic rings. The second-order valence-electron chi connectivity index (χ2n) is 7.63. The molecule has 0 aromatic heterocycles. The molecule has 0 saturated heterocycles. The summed E-state index contributed by atoms with van der Waals surface area (Å²) in [4.78, 5) is 12.8. The third-order valence-electron chi connectivity index (χ3n) is 5.08. The van der Waals surface area contributed by atoms with Gasteiger partial charge in [-0.3, -0.25) is 4.79 Å². The van der Waals surface area contributed by atoms with Crippen LogP contribution in [-0.4, -0.2) is 18.6 Å². The maximum atomic E-state index is 12.8. The van der Waals surface area contributed by atoms with E-state index in [0.717, 1.165) is 29.7 Å². The predicted molar refractivity (Wildman–Crippen MR) is 124 cm³/mol. The van der Waals surface area contributed by atoms with Gasteiger partial charge in [-0.1, -0.05) is 60.7 Å². The molecule has 3 aromatic carbocycles. The van der Waals surface area contributed by atoms with Crippen LogP contribution in [0.5, 0.6) is 5.75 Å². The lowest BCUT2D eigenvalue weighted by Gasteiger charge is -2.16. The Morgan fingerprint density at radius 2 is 1.58 bits per heavy atom. The summed E-state index contributed by atoms with van der Waals surface area (Å²) in [5, 5.41) is 3.11. The van der Waals surface area contributed by atoms with Gasteiger partial charge in [-0.05, 0) is 56.0 Å². The molecule has 4 heteroatoms. The van der Waals surface area contributed by atoms with Crippen molar-refractivity contribution in [2.24, 2.45) is 0 Å². The average Bonchev–Trinajstić information content (AvgIpc) is 2.80. The van der Waals surface area contributed by atoms with Crippen molar-refractivity contribution in [1.82, 2.24) is 5.32 Å². The molecular formula is C27H31NO3. The molecule has 3 rings (SSSR count). The van der Waals surface area contributed by atoms with Gasteiger partial charge in [0.15, 0.2) is 0 Å². The standard InChI is InChI=1S/C27H31NO3/c1-3-31-26-17-16-24(18-25(26)20-30-19-23-12-8-5-9-13-23)27(29)28-21(2)14-15-22-10-6-4-7-11-22/h4-13,16-18,21H,3,14-15,19-20H2,1-2H3,(H,28,29)/t21-/m1/s1. The van der Waals surface area contributed by atoms with Crippen LogP contribution in [0.2, 0.25) is 0 Å². The lowest BCUT2D eigenvalue weighted by Crippen LogP contribution is -2.33. The maximum absolute atomic E-state index is 12.8. The molecule has 0 aliphatic rings. The van der Waals surface area contributed by atoms with Crippen LogP contribution in [-0.2, 0) is 24.4 Å². The fourth-order valence-electron chi connectivity index (χ4n) is 3.39. The highest BCUT2D eigenvalue weighted by molar-refractivity contribution is 5.94. The van der Waals surface area contributed by atoms with Gasteiger partial charge in [-0.2, -0.15) is 0 Å². The van der Waals surface area contributed by atoms with E-state index in [1.54, 1.807) is 0 Å². The molecule has 1 amide bonds. The highest BCUT2D eigenvalue weighted by Crippen LogP contribution is 2.22. The minimum Gasteiger partial charge on any atom is -0.494 e. The number of nitrogens with one attached hydrogen (secondary N) is 1. The Morgan fingerprint density at radius 3 is 2.26 bits per heavy atom. The molecule has 0 bridgehead atoms. The summed E-state index contributed by atoms with van der Waals surface area (Å²) >= 11 is 0. The lowest BCUT2D eigenvalue weighted by atomic mass is 10.1. The largest absolute Gasteiger partial charge is 0.494 e. The molecule has 1 N–H and O–H groups in total. The summed E-state index contributed by atoms with van der Waals surface area (Å²) in [6.45, 7) is 5.45. The average molecular weight is 418 g/mol. The van der Waals surface area contributed by atoms with E-state index in [9.17, 15) is 4.79 Å². The van der Waals surface area contributed by atoms with Gasteiger partial charge in [0, 0.05) is 17.2 Å². The smallest absolute Gasteiger partial charge is 0.251 e. The number of aryl methyl sites for hydroxylation is 1. The van der Waals surface area contributed by atoms with Crippen molar-refractivity contribution in [1.29, 1.82) is 0 Å². The lowest BCUT2D eigenvalue weighted by molar-refractivity contribution is 0.0936. The van der Waals surface area contributed by atoms with E-state index in [2.05, 4.69) is 17.4 Å². The molecule has 0 saturated carbocycles. The van der Waals surface area contributed by atoms with Gasteiger partial charge in [0.25, 0.3) is 5.91 Å². The summed E-state index contributed by atoms with van der Waals surface area (Å²) in [5.74, 6) is 0.678. The molecule has 0 aliphatic heterocycles. The fourth-order valence-corrected chi connectivity index (χ4v) is 3.39. The van der Waals surface area contributed by atoms with E-state index in [0.29, 0.717) is 25.4 Å². The third kappa shape index (κ3) is 7.26. The van der Waals surface area contributed by atoms with Crippen LogP contribution < -0.4 is 10.1 Å². The van der Waals surface area contributed by atoms with Crippen LogP contribution in [0.1, 0.15) is 47.3 Å². The number of amides is 1. The van der Waals surface area contributed by atoms with Crippen molar-refractivity contribution in [3.05, 3.63) is 101 Å². The van der Waals surface area contributed by atoms with Crippen molar-refractivity contribution < 1.29 is 14.3 Å². The maximum Gasteiger partial charge on any atom is 0.251 e. The molecule has 0 aliphatic carbocycles. The quantitative estimate of drug-likeness (QED) is 0.445. The Kier molecular flexibility index (Phi) is 8.68. The highest BCUT2D eigenvalue weighted by Gasteiger charge is 2.13. The van der Waals surface area contributed by atoms with Gasteiger partial charge in [0.1, 0.15) is 5.75 Å². The molecule has 0 fully saturated rings. The van der Waals surface area contributed by atoms with E-state index in [4.69, 9.17) is 9.47 Å². The van der Waals surface area contributed by atoms with Crippen molar-refractivity contribution in [3.63, 3.8) is 0 Å². The zero-order chi connectivity index (χ0) is 21.9. The van der Waals surface area contributed by atoms with E-state index < -0.39 is 0 Å². The number of hydrogen-bond donors (Lipinski definition) is 1. The van der Waals surface area contributed by atoms with Crippen molar-refractivity contribution in [3.8, 4) is 5.75 Å². The SMILES string of the molecule is CCOc1ccc(C(=O)N[C@H](C)CCc2ccccc2)cc1COCc1ccccc1. The molecule has 31 heavy (non-hydrogen) atoms. The van der Waals surface area contributed by atoms with Crippen molar-refractivity contribution in [2.75, 3.05) is 6.61 Å². The van der Waals surface area contributed by atoms with E-state index in [1.165, 1.54) is 5.56 Å². The van der Waals surface area contributed by atoms with E-state index in [-0.39, 0.29) is 11.9 Å². The Balaban J connectivity index is 1.59. The fraction of sp³-hybridized carbons (Fsp3) is 0.296. The number of ether oxygens (including phenoxy) is 2. The number of carbonyl (C=O) groups excluding carboxylic acids is 1. The van der Waals surface area contributed by atoms with Crippen LogP contribution in [0.3, 0.4) is 0 Å². The van der Waals surface area contributed by atoms with Gasteiger partial charge in [-0.15, -0.1) is 0 Å². The summed E-state index contributed by atoms with van der Waals surface area (Å²) in [6, 6.07) is 26.0. The first-order valence-corrected chi connectivity index (χ1v) is 10.9. The van der Waals surface area contributed by atoms with Gasteiger partial charge in [-0.25, -0.2) is 0 Å². The van der Waals surface area contributed by atoms with Crippen LogP contribution in [0.25, 0.3) is 0 Å². The van der Waals surface area contributed by atoms with Gasteiger partial charge >= 0.3 is 0 Å². The summed E-state index contributed by atoms with van der Waals surface area (Å²) in [6.07, 6.45) is 1.82.